The highest BCUT2D eigenvalue weighted by molar-refractivity contribution is 6.30. The van der Waals surface area contributed by atoms with Crippen molar-refractivity contribution in [1.82, 2.24) is 15.0 Å². The maximum absolute atomic E-state index is 11.3. The lowest BCUT2D eigenvalue weighted by Crippen LogP contribution is -2.10. The highest BCUT2D eigenvalue weighted by atomic mass is 35.5. The molecule has 16 heavy (non-hydrogen) atoms. The second-order valence-corrected chi connectivity index (χ2v) is 3.78. The number of nitrogens with zero attached hydrogens (tertiary/aromatic N) is 2. The molecule has 0 aromatic carbocycles. The molecule has 0 aliphatic rings. The zero-order valence-corrected chi connectivity index (χ0v) is 9.59. The molecular formula is C10H7Cl2N3O. The standard InChI is InChI=1S/C10H7Cl2N3O/c11-4-7-3-9(16)15-10(14-7)8-2-1-6(12)5-13-8/h1-3,5H,4H2,(H,14,15,16). The fraction of sp³-hybridized carbons (Fsp3) is 0.100. The van der Waals surface area contributed by atoms with Gasteiger partial charge in [-0.15, -0.1) is 11.6 Å². The fourth-order valence-corrected chi connectivity index (χ4v) is 1.46. The molecule has 2 rings (SSSR count). The topological polar surface area (TPSA) is 58.6 Å². The lowest BCUT2D eigenvalue weighted by atomic mass is 10.3. The number of aromatic amines is 1. The molecule has 0 saturated carbocycles. The Morgan fingerprint density at radius 1 is 1.38 bits per heavy atom. The highest BCUT2D eigenvalue weighted by Gasteiger charge is 2.04. The van der Waals surface area contributed by atoms with E-state index in [-0.39, 0.29) is 11.4 Å². The van der Waals surface area contributed by atoms with E-state index < -0.39 is 0 Å². The van der Waals surface area contributed by atoms with Gasteiger partial charge in [0.15, 0.2) is 5.82 Å². The van der Waals surface area contributed by atoms with Crippen LogP contribution in [0.3, 0.4) is 0 Å². The van der Waals surface area contributed by atoms with Crippen molar-refractivity contribution in [2.24, 2.45) is 0 Å². The summed E-state index contributed by atoms with van der Waals surface area (Å²) in [5, 5.41) is 0.527. The maximum Gasteiger partial charge on any atom is 0.251 e. The van der Waals surface area contributed by atoms with Gasteiger partial charge in [-0.25, -0.2) is 4.98 Å². The van der Waals surface area contributed by atoms with Crippen molar-refractivity contribution < 1.29 is 0 Å². The van der Waals surface area contributed by atoms with Crippen LogP contribution >= 0.6 is 23.2 Å². The van der Waals surface area contributed by atoms with Gasteiger partial charge in [-0.2, -0.15) is 0 Å². The maximum atomic E-state index is 11.3. The smallest absolute Gasteiger partial charge is 0.251 e. The number of halogens is 2. The second-order valence-electron chi connectivity index (χ2n) is 3.08. The fourth-order valence-electron chi connectivity index (χ4n) is 1.21. The van der Waals surface area contributed by atoms with Crippen LogP contribution in [0.4, 0.5) is 0 Å². The summed E-state index contributed by atoms with van der Waals surface area (Å²) < 4.78 is 0. The normalized spacial score (nSPS) is 10.4. The van der Waals surface area contributed by atoms with Crippen LogP contribution in [0.15, 0.2) is 29.2 Å². The van der Waals surface area contributed by atoms with Crippen LogP contribution in [0.25, 0.3) is 11.5 Å². The minimum atomic E-state index is -0.252. The zero-order chi connectivity index (χ0) is 11.5. The van der Waals surface area contributed by atoms with E-state index >= 15 is 0 Å². The van der Waals surface area contributed by atoms with E-state index in [0.29, 0.717) is 22.2 Å². The van der Waals surface area contributed by atoms with E-state index in [9.17, 15) is 4.79 Å². The van der Waals surface area contributed by atoms with Gasteiger partial charge in [-0.05, 0) is 12.1 Å². The highest BCUT2D eigenvalue weighted by Crippen LogP contribution is 2.14. The number of pyridine rings is 1. The lowest BCUT2D eigenvalue weighted by molar-refractivity contribution is 1.04. The minimum Gasteiger partial charge on any atom is -0.305 e. The summed E-state index contributed by atoms with van der Waals surface area (Å²) in [6.07, 6.45) is 1.49. The Bertz CT molecular complexity index is 551. The van der Waals surface area contributed by atoms with Crippen LogP contribution in [0, 0.1) is 0 Å². The van der Waals surface area contributed by atoms with Gasteiger partial charge in [0.1, 0.15) is 5.69 Å². The molecule has 2 aromatic heterocycles. The van der Waals surface area contributed by atoms with Gasteiger partial charge in [0.05, 0.1) is 16.6 Å². The summed E-state index contributed by atoms with van der Waals surface area (Å²) in [4.78, 5) is 22.1. The minimum absolute atomic E-state index is 0.185. The molecular weight excluding hydrogens is 249 g/mol. The predicted molar refractivity (Wildman–Crippen MR) is 62.7 cm³/mol. The van der Waals surface area contributed by atoms with Crippen molar-refractivity contribution in [3.8, 4) is 11.5 Å². The average Bonchev–Trinajstić information content (AvgIpc) is 2.29. The van der Waals surface area contributed by atoms with Crippen LogP contribution in [0.1, 0.15) is 5.69 Å². The van der Waals surface area contributed by atoms with Gasteiger partial charge >= 0.3 is 0 Å². The van der Waals surface area contributed by atoms with E-state index in [1.807, 2.05) is 0 Å². The van der Waals surface area contributed by atoms with Gasteiger partial charge in [-0.3, -0.25) is 9.78 Å². The summed E-state index contributed by atoms with van der Waals surface area (Å²) in [6.45, 7) is 0. The van der Waals surface area contributed by atoms with Crippen LogP contribution < -0.4 is 5.56 Å². The molecule has 1 N–H and O–H groups in total. The Labute approximate surface area is 101 Å². The molecule has 2 heterocycles. The van der Waals surface area contributed by atoms with E-state index in [1.165, 1.54) is 12.3 Å². The lowest BCUT2D eigenvalue weighted by Gasteiger charge is -2.01. The van der Waals surface area contributed by atoms with Gasteiger partial charge in [-0.1, -0.05) is 11.6 Å². The molecule has 2 aromatic rings. The monoisotopic (exact) mass is 255 g/mol. The molecule has 0 radical (unpaired) electrons. The molecule has 6 heteroatoms. The molecule has 0 unspecified atom stereocenters. The Balaban J connectivity index is 2.51. The van der Waals surface area contributed by atoms with E-state index in [0.717, 1.165) is 0 Å². The molecule has 0 aliphatic heterocycles. The van der Waals surface area contributed by atoms with Gasteiger partial charge in [0.25, 0.3) is 5.56 Å². The van der Waals surface area contributed by atoms with Crippen molar-refractivity contribution in [3.63, 3.8) is 0 Å². The summed E-state index contributed by atoms with van der Waals surface area (Å²) in [5.41, 5.74) is 0.808. The largest absolute Gasteiger partial charge is 0.305 e. The molecule has 0 bridgehead atoms. The molecule has 0 spiro atoms. The van der Waals surface area contributed by atoms with Gasteiger partial charge in [0.2, 0.25) is 0 Å². The van der Waals surface area contributed by atoms with Gasteiger partial charge < -0.3 is 4.98 Å². The Hall–Kier alpha value is -1.39. The molecule has 0 saturated heterocycles. The van der Waals surface area contributed by atoms with Crippen molar-refractivity contribution in [2.45, 2.75) is 5.88 Å². The summed E-state index contributed by atoms with van der Waals surface area (Å²) in [7, 11) is 0. The van der Waals surface area contributed by atoms with Crippen LogP contribution in [-0.4, -0.2) is 15.0 Å². The molecule has 4 nitrogen and oxygen atoms in total. The molecule has 0 atom stereocenters. The Kier molecular flexibility index (Phi) is 3.22. The van der Waals surface area contributed by atoms with E-state index in [1.54, 1.807) is 12.1 Å². The average molecular weight is 256 g/mol. The quantitative estimate of drug-likeness (QED) is 0.838. The van der Waals surface area contributed by atoms with Crippen molar-refractivity contribution in [1.29, 1.82) is 0 Å². The molecule has 82 valence electrons. The summed E-state index contributed by atoms with van der Waals surface area (Å²) >= 11 is 11.3. The number of H-pyrrole nitrogens is 1. The molecule has 0 amide bonds. The van der Waals surface area contributed by atoms with E-state index in [4.69, 9.17) is 23.2 Å². The van der Waals surface area contributed by atoms with Crippen LogP contribution in [0.2, 0.25) is 5.02 Å². The molecule has 0 aliphatic carbocycles. The third-order valence-electron chi connectivity index (χ3n) is 1.90. The summed E-state index contributed by atoms with van der Waals surface area (Å²) in [5.74, 6) is 0.574. The van der Waals surface area contributed by atoms with Crippen molar-refractivity contribution >= 4 is 23.2 Å². The molecule has 0 fully saturated rings. The number of hydrogen-bond acceptors (Lipinski definition) is 3. The van der Waals surface area contributed by atoms with Crippen molar-refractivity contribution in [2.75, 3.05) is 0 Å². The second kappa shape index (κ2) is 4.63. The number of alkyl halides is 1. The number of rotatable bonds is 2. The predicted octanol–water partition coefficient (Wildman–Crippen LogP) is 2.22. The first kappa shape index (κ1) is 11.1. The van der Waals surface area contributed by atoms with Crippen molar-refractivity contribution in [3.05, 3.63) is 45.5 Å². The first-order valence-corrected chi connectivity index (χ1v) is 5.38. The van der Waals surface area contributed by atoms with Gasteiger partial charge in [0, 0.05) is 12.3 Å². The van der Waals surface area contributed by atoms with Crippen LogP contribution in [-0.2, 0) is 5.88 Å². The van der Waals surface area contributed by atoms with E-state index in [2.05, 4.69) is 15.0 Å². The number of nitrogens with one attached hydrogen (secondary N) is 1. The third kappa shape index (κ3) is 2.40. The number of hydrogen-bond donors (Lipinski definition) is 1. The number of aromatic nitrogens is 3. The third-order valence-corrected chi connectivity index (χ3v) is 2.40. The Morgan fingerprint density at radius 2 is 2.19 bits per heavy atom. The first-order chi connectivity index (χ1) is 7.69. The Morgan fingerprint density at radius 3 is 2.81 bits per heavy atom. The SMILES string of the molecule is O=c1cc(CCl)nc(-c2ccc(Cl)cn2)[nH]1. The zero-order valence-electron chi connectivity index (χ0n) is 8.08. The summed E-state index contributed by atoms with van der Waals surface area (Å²) in [6, 6.07) is 4.71. The van der Waals surface area contributed by atoms with Crippen LogP contribution in [0.5, 0.6) is 0 Å². The first-order valence-electron chi connectivity index (χ1n) is 4.47.